The molecule has 1 aromatic carbocycles. The molecule has 106 valence electrons. The number of hydrogen-bond acceptors (Lipinski definition) is 3. The molecule has 0 spiro atoms. The van der Waals surface area contributed by atoms with E-state index in [4.69, 9.17) is 33.8 Å². The molecule has 0 saturated heterocycles. The predicted molar refractivity (Wildman–Crippen MR) is 79.4 cm³/mol. The number of halogens is 2. The van der Waals surface area contributed by atoms with E-state index in [0.29, 0.717) is 10.0 Å². The van der Waals surface area contributed by atoms with Gasteiger partial charge in [-0.25, -0.2) is 0 Å². The Morgan fingerprint density at radius 3 is 2.53 bits per heavy atom. The van der Waals surface area contributed by atoms with Crippen LogP contribution in [0.2, 0.25) is 10.0 Å². The summed E-state index contributed by atoms with van der Waals surface area (Å²) >= 11 is 12.4. The van der Waals surface area contributed by atoms with E-state index in [9.17, 15) is 0 Å². The lowest BCUT2D eigenvalue weighted by atomic mass is 9.77. The van der Waals surface area contributed by atoms with E-state index in [1.54, 1.807) is 19.2 Å². The summed E-state index contributed by atoms with van der Waals surface area (Å²) in [4.78, 5) is 0. The van der Waals surface area contributed by atoms with Crippen molar-refractivity contribution in [1.82, 2.24) is 5.43 Å². The van der Waals surface area contributed by atoms with Crippen molar-refractivity contribution < 1.29 is 4.74 Å². The molecule has 1 atom stereocenters. The number of hydrogen-bond donors (Lipinski definition) is 2. The molecule has 1 saturated carbocycles. The molecule has 3 nitrogen and oxygen atoms in total. The third-order valence-electron chi connectivity index (χ3n) is 4.07. The van der Waals surface area contributed by atoms with Crippen LogP contribution in [0.5, 0.6) is 0 Å². The number of benzene rings is 1. The van der Waals surface area contributed by atoms with E-state index in [2.05, 4.69) is 5.43 Å². The van der Waals surface area contributed by atoms with Gasteiger partial charge < -0.3 is 4.74 Å². The molecule has 3 N–H and O–H groups in total. The molecular weight excluding hydrogens is 283 g/mol. The highest BCUT2D eigenvalue weighted by atomic mass is 35.5. The standard InChI is InChI=1S/C14H20Cl2N2O/c1-19-14(7-3-2-4-8-14)13(18-17)11-9-10(15)5-6-12(11)16/h5-6,9,13,18H,2-4,7-8,17H2,1H3. The maximum atomic E-state index is 6.30. The maximum absolute atomic E-state index is 6.30. The van der Waals surface area contributed by atoms with Gasteiger partial charge in [0.1, 0.15) is 0 Å². The Morgan fingerprint density at radius 1 is 1.26 bits per heavy atom. The Balaban J connectivity index is 2.39. The van der Waals surface area contributed by atoms with Gasteiger partial charge in [0.2, 0.25) is 0 Å². The molecule has 0 aliphatic heterocycles. The van der Waals surface area contributed by atoms with Crippen molar-refractivity contribution in [3.05, 3.63) is 33.8 Å². The van der Waals surface area contributed by atoms with Gasteiger partial charge in [-0.2, -0.15) is 0 Å². The normalized spacial score (nSPS) is 20.2. The minimum atomic E-state index is -0.304. The first-order chi connectivity index (χ1) is 9.13. The van der Waals surface area contributed by atoms with E-state index < -0.39 is 0 Å². The first kappa shape index (κ1) is 15.1. The van der Waals surface area contributed by atoms with Crippen LogP contribution < -0.4 is 11.3 Å². The van der Waals surface area contributed by atoms with E-state index in [-0.39, 0.29) is 11.6 Å². The zero-order valence-electron chi connectivity index (χ0n) is 11.1. The minimum absolute atomic E-state index is 0.149. The lowest BCUT2D eigenvalue weighted by Crippen LogP contribution is -2.49. The van der Waals surface area contributed by atoms with Gasteiger partial charge in [-0.3, -0.25) is 11.3 Å². The van der Waals surface area contributed by atoms with Gasteiger partial charge in [-0.1, -0.05) is 42.5 Å². The topological polar surface area (TPSA) is 47.3 Å². The summed E-state index contributed by atoms with van der Waals surface area (Å²) in [5.74, 6) is 5.78. The fraction of sp³-hybridized carbons (Fsp3) is 0.571. The average Bonchev–Trinajstić information content (AvgIpc) is 2.44. The zero-order chi connectivity index (χ0) is 13.9. The molecule has 0 aromatic heterocycles. The maximum Gasteiger partial charge on any atom is 0.0886 e. The predicted octanol–water partition coefficient (Wildman–Crippen LogP) is 3.85. The molecule has 1 aliphatic carbocycles. The van der Waals surface area contributed by atoms with Crippen LogP contribution >= 0.6 is 23.2 Å². The second-order valence-electron chi connectivity index (χ2n) is 5.10. The van der Waals surface area contributed by atoms with Crippen LogP contribution in [0.1, 0.15) is 43.7 Å². The summed E-state index contributed by atoms with van der Waals surface area (Å²) in [7, 11) is 1.74. The van der Waals surface area contributed by atoms with Crippen LogP contribution in [0.25, 0.3) is 0 Å². The number of methoxy groups -OCH3 is 1. The molecule has 1 fully saturated rings. The monoisotopic (exact) mass is 302 g/mol. The Bertz CT molecular complexity index is 433. The SMILES string of the molecule is COC1(C(NN)c2cc(Cl)ccc2Cl)CCCCC1. The highest BCUT2D eigenvalue weighted by Gasteiger charge is 2.41. The van der Waals surface area contributed by atoms with Crippen LogP contribution in [-0.2, 0) is 4.74 Å². The van der Waals surface area contributed by atoms with Crippen molar-refractivity contribution in [2.75, 3.05) is 7.11 Å². The van der Waals surface area contributed by atoms with Crippen molar-refractivity contribution in [2.24, 2.45) is 5.84 Å². The lowest BCUT2D eigenvalue weighted by molar-refractivity contribution is -0.0688. The molecule has 1 aliphatic rings. The summed E-state index contributed by atoms with van der Waals surface area (Å²) in [6.07, 6.45) is 5.47. The number of nitrogens with two attached hydrogens (primary N) is 1. The number of rotatable bonds is 4. The summed E-state index contributed by atoms with van der Waals surface area (Å²) in [6, 6.07) is 5.30. The Labute approximate surface area is 124 Å². The van der Waals surface area contributed by atoms with Crippen LogP contribution in [0.4, 0.5) is 0 Å². The Hall–Kier alpha value is -0.320. The van der Waals surface area contributed by atoms with E-state index in [1.165, 1.54) is 6.42 Å². The molecule has 2 rings (SSSR count). The van der Waals surface area contributed by atoms with Crippen LogP contribution in [0, 0.1) is 0 Å². The van der Waals surface area contributed by atoms with E-state index in [1.807, 2.05) is 6.07 Å². The minimum Gasteiger partial charge on any atom is -0.376 e. The molecule has 5 heteroatoms. The highest BCUT2D eigenvalue weighted by Crippen LogP contribution is 2.43. The van der Waals surface area contributed by atoms with Crippen LogP contribution in [0.3, 0.4) is 0 Å². The molecule has 1 unspecified atom stereocenters. The highest BCUT2D eigenvalue weighted by molar-refractivity contribution is 6.33. The second-order valence-corrected chi connectivity index (χ2v) is 5.94. The van der Waals surface area contributed by atoms with Crippen molar-refractivity contribution in [2.45, 2.75) is 43.7 Å². The smallest absolute Gasteiger partial charge is 0.0886 e. The van der Waals surface area contributed by atoms with Crippen molar-refractivity contribution in [3.63, 3.8) is 0 Å². The van der Waals surface area contributed by atoms with Gasteiger partial charge in [0, 0.05) is 17.2 Å². The quantitative estimate of drug-likeness (QED) is 0.656. The molecule has 0 radical (unpaired) electrons. The summed E-state index contributed by atoms with van der Waals surface area (Å²) < 4.78 is 5.84. The second kappa shape index (κ2) is 6.42. The average molecular weight is 303 g/mol. The Morgan fingerprint density at radius 2 is 1.95 bits per heavy atom. The van der Waals surface area contributed by atoms with Gasteiger partial charge in [-0.15, -0.1) is 0 Å². The molecule has 0 bridgehead atoms. The third kappa shape index (κ3) is 3.06. The van der Waals surface area contributed by atoms with Gasteiger partial charge in [0.15, 0.2) is 0 Å². The zero-order valence-corrected chi connectivity index (χ0v) is 12.6. The number of nitrogens with one attached hydrogen (secondary N) is 1. The van der Waals surface area contributed by atoms with Crippen LogP contribution in [0.15, 0.2) is 18.2 Å². The first-order valence-electron chi connectivity index (χ1n) is 6.59. The third-order valence-corrected chi connectivity index (χ3v) is 4.65. The molecule has 19 heavy (non-hydrogen) atoms. The summed E-state index contributed by atoms with van der Waals surface area (Å²) in [6.45, 7) is 0. The summed E-state index contributed by atoms with van der Waals surface area (Å²) in [5, 5.41) is 1.32. The molecular formula is C14H20Cl2N2O. The lowest BCUT2D eigenvalue weighted by Gasteiger charge is -2.42. The van der Waals surface area contributed by atoms with Crippen molar-refractivity contribution in [1.29, 1.82) is 0 Å². The fourth-order valence-electron chi connectivity index (χ4n) is 3.02. The largest absolute Gasteiger partial charge is 0.376 e. The van der Waals surface area contributed by atoms with E-state index >= 15 is 0 Å². The van der Waals surface area contributed by atoms with Gasteiger partial charge in [0.05, 0.1) is 11.6 Å². The molecule has 0 heterocycles. The molecule has 0 amide bonds. The van der Waals surface area contributed by atoms with Gasteiger partial charge in [0.25, 0.3) is 0 Å². The number of hydrazine groups is 1. The fourth-order valence-corrected chi connectivity index (χ4v) is 3.43. The van der Waals surface area contributed by atoms with Crippen LogP contribution in [-0.4, -0.2) is 12.7 Å². The van der Waals surface area contributed by atoms with Crippen molar-refractivity contribution in [3.8, 4) is 0 Å². The number of ether oxygens (including phenoxy) is 1. The van der Waals surface area contributed by atoms with E-state index in [0.717, 1.165) is 31.2 Å². The van der Waals surface area contributed by atoms with Gasteiger partial charge in [-0.05, 0) is 36.6 Å². The summed E-state index contributed by atoms with van der Waals surface area (Å²) in [5.41, 5.74) is 3.48. The van der Waals surface area contributed by atoms with Gasteiger partial charge >= 0.3 is 0 Å². The first-order valence-corrected chi connectivity index (χ1v) is 7.35. The van der Waals surface area contributed by atoms with Crippen molar-refractivity contribution >= 4 is 23.2 Å². The molecule has 1 aromatic rings. The Kier molecular flexibility index (Phi) is 5.09.